The Labute approximate surface area is 80.3 Å². The molecule has 0 fully saturated rings. The third-order valence-corrected chi connectivity index (χ3v) is 2.22. The van der Waals surface area contributed by atoms with E-state index in [9.17, 15) is 0 Å². The molecule has 5 heteroatoms. The fourth-order valence-electron chi connectivity index (χ4n) is 1.57. The van der Waals surface area contributed by atoms with Crippen molar-refractivity contribution in [1.29, 1.82) is 0 Å². The third-order valence-electron chi connectivity index (χ3n) is 2.22. The molecular formula is C9H9N5. The van der Waals surface area contributed by atoms with Gasteiger partial charge in [0.25, 0.3) is 0 Å². The average Bonchev–Trinajstić information content (AvgIpc) is 2.54. The van der Waals surface area contributed by atoms with Crippen LogP contribution < -0.4 is 11.1 Å². The SMILES string of the molecule is NC1N=Cn2c(nc3ccccc32)N1. The van der Waals surface area contributed by atoms with E-state index in [0.29, 0.717) is 0 Å². The topological polar surface area (TPSA) is 68.2 Å². The fourth-order valence-corrected chi connectivity index (χ4v) is 1.57. The summed E-state index contributed by atoms with van der Waals surface area (Å²) in [5.74, 6) is 0.744. The molecule has 14 heavy (non-hydrogen) atoms. The number of benzene rings is 1. The van der Waals surface area contributed by atoms with Crippen molar-refractivity contribution in [2.45, 2.75) is 6.29 Å². The van der Waals surface area contributed by atoms with Gasteiger partial charge < -0.3 is 5.32 Å². The second kappa shape index (κ2) is 2.55. The van der Waals surface area contributed by atoms with Gasteiger partial charge in [-0.2, -0.15) is 0 Å². The number of hydrogen-bond donors (Lipinski definition) is 2. The minimum absolute atomic E-state index is 0.390. The van der Waals surface area contributed by atoms with E-state index >= 15 is 0 Å². The highest BCUT2D eigenvalue weighted by molar-refractivity contribution is 5.87. The predicted molar refractivity (Wildman–Crippen MR) is 55.2 cm³/mol. The van der Waals surface area contributed by atoms with Gasteiger partial charge in [0.15, 0.2) is 6.29 Å². The van der Waals surface area contributed by atoms with E-state index in [1.165, 1.54) is 0 Å². The van der Waals surface area contributed by atoms with Crippen molar-refractivity contribution in [3.63, 3.8) is 0 Å². The van der Waals surface area contributed by atoms with E-state index in [1.807, 2.05) is 28.8 Å². The van der Waals surface area contributed by atoms with Crippen molar-refractivity contribution in [3.05, 3.63) is 24.3 Å². The third kappa shape index (κ3) is 0.928. The van der Waals surface area contributed by atoms with Crippen molar-refractivity contribution in [1.82, 2.24) is 9.55 Å². The maximum atomic E-state index is 5.61. The molecule has 0 bridgehead atoms. The molecule has 70 valence electrons. The maximum absolute atomic E-state index is 5.61. The lowest BCUT2D eigenvalue weighted by atomic mass is 10.3. The minimum atomic E-state index is -0.390. The quantitative estimate of drug-likeness (QED) is 0.634. The van der Waals surface area contributed by atoms with Crippen molar-refractivity contribution in [3.8, 4) is 0 Å². The Morgan fingerprint density at radius 2 is 2.21 bits per heavy atom. The van der Waals surface area contributed by atoms with Crippen molar-refractivity contribution < 1.29 is 0 Å². The van der Waals surface area contributed by atoms with E-state index in [2.05, 4.69) is 15.3 Å². The summed E-state index contributed by atoms with van der Waals surface area (Å²) in [4.78, 5) is 8.44. The molecule has 5 nitrogen and oxygen atoms in total. The van der Waals surface area contributed by atoms with E-state index < -0.39 is 0 Å². The summed E-state index contributed by atoms with van der Waals surface area (Å²) >= 11 is 0. The number of fused-ring (bicyclic) bond motifs is 3. The molecule has 0 amide bonds. The zero-order valence-electron chi connectivity index (χ0n) is 7.38. The number of imidazole rings is 1. The van der Waals surface area contributed by atoms with Gasteiger partial charge in [0, 0.05) is 0 Å². The second-order valence-corrected chi connectivity index (χ2v) is 3.15. The molecule has 1 aliphatic heterocycles. The fraction of sp³-hybridized carbons (Fsp3) is 0.111. The first-order chi connectivity index (χ1) is 6.84. The molecule has 2 aromatic rings. The number of nitrogens with two attached hydrogens (primary N) is 1. The standard InChI is InChI=1S/C9H9N5/c10-8-11-5-14-7-4-2-1-3-6(7)12-9(14)13-8/h1-5,8H,10H2,(H,12,13). The molecule has 1 aromatic carbocycles. The van der Waals surface area contributed by atoms with Gasteiger partial charge in [0.1, 0.15) is 6.34 Å². The van der Waals surface area contributed by atoms with Crippen molar-refractivity contribution >= 4 is 23.3 Å². The summed E-state index contributed by atoms with van der Waals surface area (Å²) in [7, 11) is 0. The minimum Gasteiger partial charge on any atom is -0.321 e. The van der Waals surface area contributed by atoms with Crippen LogP contribution in [-0.4, -0.2) is 22.2 Å². The van der Waals surface area contributed by atoms with Crippen LogP contribution in [0.3, 0.4) is 0 Å². The highest BCUT2D eigenvalue weighted by Crippen LogP contribution is 2.19. The van der Waals surface area contributed by atoms with Crippen molar-refractivity contribution in [2.75, 3.05) is 5.32 Å². The zero-order chi connectivity index (χ0) is 9.54. The highest BCUT2D eigenvalue weighted by Gasteiger charge is 2.13. The lowest BCUT2D eigenvalue weighted by Crippen LogP contribution is -2.32. The van der Waals surface area contributed by atoms with E-state index in [0.717, 1.165) is 17.0 Å². The molecule has 3 N–H and O–H groups in total. The number of anilines is 1. The molecular weight excluding hydrogens is 178 g/mol. The van der Waals surface area contributed by atoms with Crippen LogP contribution in [0.25, 0.3) is 11.0 Å². The van der Waals surface area contributed by atoms with Crippen LogP contribution in [0.1, 0.15) is 0 Å². The highest BCUT2D eigenvalue weighted by atomic mass is 15.3. The second-order valence-electron chi connectivity index (χ2n) is 3.15. The van der Waals surface area contributed by atoms with E-state index in [4.69, 9.17) is 5.73 Å². The predicted octanol–water partition coefficient (Wildman–Crippen LogP) is 0.580. The van der Waals surface area contributed by atoms with Gasteiger partial charge in [-0.25, -0.2) is 9.98 Å². The summed E-state index contributed by atoms with van der Waals surface area (Å²) in [5.41, 5.74) is 7.58. The van der Waals surface area contributed by atoms with Crippen LogP contribution in [0.2, 0.25) is 0 Å². The molecule has 0 radical (unpaired) electrons. The van der Waals surface area contributed by atoms with Crippen LogP contribution in [-0.2, 0) is 0 Å². The van der Waals surface area contributed by atoms with Gasteiger partial charge in [-0.3, -0.25) is 10.3 Å². The van der Waals surface area contributed by atoms with Crippen LogP contribution in [0.4, 0.5) is 5.95 Å². The first kappa shape index (κ1) is 7.52. The number of hydrogen-bond acceptors (Lipinski definition) is 4. The summed E-state index contributed by atoms with van der Waals surface area (Å²) in [6.45, 7) is 0. The summed E-state index contributed by atoms with van der Waals surface area (Å²) in [6, 6.07) is 7.89. The normalized spacial score (nSPS) is 19.4. The Hall–Kier alpha value is -1.88. The van der Waals surface area contributed by atoms with Gasteiger partial charge in [0.2, 0.25) is 5.95 Å². The van der Waals surface area contributed by atoms with Gasteiger partial charge in [-0.15, -0.1) is 0 Å². The molecule has 2 heterocycles. The van der Waals surface area contributed by atoms with Gasteiger partial charge in [-0.05, 0) is 12.1 Å². The van der Waals surface area contributed by atoms with E-state index in [-0.39, 0.29) is 6.29 Å². The Bertz CT molecular complexity index is 513. The average molecular weight is 187 g/mol. The number of rotatable bonds is 0. The molecule has 3 rings (SSSR count). The maximum Gasteiger partial charge on any atom is 0.212 e. The number of aromatic nitrogens is 2. The lowest BCUT2D eigenvalue weighted by molar-refractivity contribution is 0.774. The number of nitrogens with zero attached hydrogens (tertiary/aromatic N) is 3. The number of para-hydroxylation sites is 2. The molecule has 1 aliphatic rings. The molecule has 0 aliphatic carbocycles. The van der Waals surface area contributed by atoms with Crippen LogP contribution >= 0.6 is 0 Å². The number of nitrogens with one attached hydrogen (secondary N) is 1. The summed E-state index contributed by atoms with van der Waals surface area (Å²) < 4.78 is 1.89. The zero-order valence-corrected chi connectivity index (χ0v) is 7.38. The Kier molecular flexibility index (Phi) is 1.37. The van der Waals surface area contributed by atoms with Crippen LogP contribution in [0.5, 0.6) is 0 Å². The molecule has 1 unspecified atom stereocenters. The Morgan fingerprint density at radius 1 is 1.36 bits per heavy atom. The van der Waals surface area contributed by atoms with Gasteiger partial charge >= 0.3 is 0 Å². The lowest BCUT2D eigenvalue weighted by Gasteiger charge is -2.15. The Morgan fingerprint density at radius 3 is 3.14 bits per heavy atom. The first-order valence-electron chi connectivity index (χ1n) is 4.37. The molecule has 0 saturated carbocycles. The largest absolute Gasteiger partial charge is 0.321 e. The molecule has 1 atom stereocenters. The molecule has 0 spiro atoms. The van der Waals surface area contributed by atoms with Gasteiger partial charge in [0.05, 0.1) is 11.0 Å². The van der Waals surface area contributed by atoms with E-state index in [1.54, 1.807) is 6.34 Å². The van der Waals surface area contributed by atoms with Crippen LogP contribution in [0.15, 0.2) is 29.3 Å². The van der Waals surface area contributed by atoms with Crippen LogP contribution in [0, 0.1) is 0 Å². The molecule has 0 saturated heterocycles. The van der Waals surface area contributed by atoms with Gasteiger partial charge in [-0.1, -0.05) is 12.1 Å². The first-order valence-corrected chi connectivity index (χ1v) is 4.37. The summed E-state index contributed by atoms with van der Waals surface area (Å²) in [5, 5.41) is 2.98. The summed E-state index contributed by atoms with van der Waals surface area (Å²) in [6.07, 6.45) is 1.31. The Balaban J connectivity index is 2.32. The number of aliphatic imine (C=N–C) groups is 1. The molecule has 1 aromatic heterocycles. The monoisotopic (exact) mass is 187 g/mol. The smallest absolute Gasteiger partial charge is 0.212 e. The van der Waals surface area contributed by atoms with Crippen molar-refractivity contribution in [2.24, 2.45) is 10.7 Å².